The summed E-state index contributed by atoms with van der Waals surface area (Å²) in [5.41, 5.74) is 6.08. The highest BCUT2D eigenvalue weighted by atomic mass is 35.5. The molecule has 1 amide bonds. The van der Waals surface area contributed by atoms with E-state index < -0.39 is 21.3 Å². The van der Waals surface area contributed by atoms with Crippen molar-refractivity contribution in [3.05, 3.63) is 23.2 Å². The molecule has 0 aromatic heterocycles. The number of thioether (sulfide) groups is 1. The SMILES string of the molecule is Nc1ccc(SCC(=O)NC2CS(=O)(=O)CC2Cl)cc1Cl. The molecule has 1 saturated heterocycles. The van der Waals surface area contributed by atoms with Gasteiger partial charge in [-0.25, -0.2) is 8.42 Å². The quantitative estimate of drug-likeness (QED) is 0.477. The molecule has 0 radical (unpaired) electrons. The summed E-state index contributed by atoms with van der Waals surface area (Å²) in [7, 11) is -3.15. The van der Waals surface area contributed by atoms with Crippen molar-refractivity contribution in [3.63, 3.8) is 0 Å². The van der Waals surface area contributed by atoms with Gasteiger partial charge < -0.3 is 11.1 Å². The van der Waals surface area contributed by atoms with Gasteiger partial charge >= 0.3 is 0 Å². The lowest BCUT2D eigenvalue weighted by molar-refractivity contribution is -0.119. The number of hydrogen-bond acceptors (Lipinski definition) is 5. The van der Waals surface area contributed by atoms with E-state index in [2.05, 4.69) is 5.32 Å². The maximum atomic E-state index is 11.8. The van der Waals surface area contributed by atoms with Crippen molar-refractivity contribution in [2.75, 3.05) is 23.0 Å². The smallest absolute Gasteiger partial charge is 0.230 e. The molecule has 1 aromatic rings. The Labute approximate surface area is 137 Å². The zero-order valence-electron chi connectivity index (χ0n) is 10.9. The molecule has 9 heteroatoms. The Morgan fingerprint density at radius 2 is 2.14 bits per heavy atom. The van der Waals surface area contributed by atoms with E-state index in [9.17, 15) is 13.2 Å². The largest absolute Gasteiger partial charge is 0.398 e. The van der Waals surface area contributed by atoms with Crippen LogP contribution in [0, 0.1) is 0 Å². The van der Waals surface area contributed by atoms with Crippen LogP contribution in [0.3, 0.4) is 0 Å². The molecule has 0 saturated carbocycles. The average molecular weight is 369 g/mol. The first-order chi connectivity index (χ1) is 9.77. The summed E-state index contributed by atoms with van der Waals surface area (Å²) < 4.78 is 22.8. The van der Waals surface area contributed by atoms with Gasteiger partial charge in [-0.3, -0.25) is 4.79 Å². The first-order valence-corrected chi connectivity index (χ1v) is 9.70. The van der Waals surface area contributed by atoms with Crippen LogP contribution in [0.5, 0.6) is 0 Å². The van der Waals surface area contributed by atoms with Gasteiger partial charge in [0.15, 0.2) is 9.84 Å². The number of nitrogens with one attached hydrogen (secondary N) is 1. The summed E-state index contributed by atoms with van der Waals surface area (Å²) in [4.78, 5) is 12.6. The number of sulfone groups is 1. The number of rotatable bonds is 4. The van der Waals surface area contributed by atoms with Crippen molar-refractivity contribution < 1.29 is 13.2 Å². The topological polar surface area (TPSA) is 89.3 Å². The highest BCUT2D eigenvalue weighted by molar-refractivity contribution is 8.00. The van der Waals surface area contributed by atoms with Crippen LogP contribution in [0.2, 0.25) is 5.02 Å². The van der Waals surface area contributed by atoms with Crippen LogP contribution in [-0.2, 0) is 14.6 Å². The maximum Gasteiger partial charge on any atom is 0.230 e. The van der Waals surface area contributed by atoms with Gasteiger partial charge in [-0.1, -0.05) is 11.6 Å². The molecule has 1 fully saturated rings. The fourth-order valence-corrected chi connectivity index (χ4v) is 5.47. The molecular weight excluding hydrogens is 355 g/mol. The number of carbonyl (C=O) groups is 1. The van der Waals surface area contributed by atoms with Crippen molar-refractivity contribution in [3.8, 4) is 0 Å². The third kappa shape index (κ3) is 4.67. The molecule has 2 rings (SSSR count). The van der Waals surface area contributed by atoms with Gasteiger partial charge in [0.25, 0.3) is 0 Å². The van der Waals surface area contributed by atoms with Crippen LogP contribution in [0.15, 0.2) is 23.1 Å². The minimum atomic E-state index is -3.15. The lowest BCUT2D eigenvalue weighted by atomic mass is 10.2. The van der Waals surface area contributed by atoms with Crippen molar-refractivity contribution in [1.82, 2.24) is 5.32 Å². The second-order valence-corrected chi connectivity index (χ2v) is 8.91. The molecule has 2 atom stereocenters. The number of halogens is 2. The van der Waals surface area contributed by atoms with Crippen LogP contribution in [0.1, 0.15) is 0 Å². The summed E-state index contributed by atoms with van der Waals surface area (Å²) in [6, 6.07) is 4.59. The Bertz CT molecular complexity index is 652. The monoisotopic (exact) mass is 368 g/mol. The Morgan fingerprint density at radius 3 is 2.71 bits per heavy atom. The minimum absolute atomic E-state index is 0.0970. The third-order valence-electron chi connectivity index (χ3n) is 2.97. The summed E-state index contributed by atoms with van der Waals surface area (Å²) in [6.45, 7) is 0. The molecule has 1 aromatic carbocycles. The van der Waals surface area contributed by atoms with Gasteiger partial charge in [0.1, 0.15) is 0 Å². The van der Waals surface area contributed by atoms with Crippen LogP contribution >= 0.6 is 35.0 Å². The molecule has 1 heterocycles. The van der Waals surface area contributed by atoms with Crippen LogP contribution in [-0.4, -0.2) is 43.0 Å². The van der Waals surface area contributed by atoms with Crippen molar-refractivity contribution in [2.24, 2.45) is 0 Å². The lowest BCUT2D eigenvalue weighted by Crippen LogP contribution is -2.41. The molecule has 21 heavy (non-hydrogen) atoms. The van der Waals surface area contributed by atoms with Gasteiger partial charge in [-0.2, -0.15) is 0 Å². The molecule has 116 valence electrons. The second kappa shape index (κ2) is 6.64. The van der Waals surface area contributed by atoms with E-state index in [0.29, 0.717) is 10.7 Å². The highest BCUT2D eigenvalue weighted by Crippen LogP contribution is 2.26. The predicted molar refractivity (Wildman–Crippen MR) is 86.8 cm³/mol. The lowest BCUT2D eigenvalue weighted by Gasteiger charge is -2.14. The number of anilines is 1. The molecule has 0 spiro atoms. The fourth-order valence-electron chi connectivity index (χ4n) is 1.93. The van der Waals surface area contributed by atoms with E-state index in [1.165, 1.54) is 11.8 Å². The molecule has 0 bridgehead atoms. The number of amides is 1. The van der Waals surface area contributed by atoms with Gasteiger partial charge in [0, 0.05) is 4.90 Å². The highest BCUT2D eigenvalue weighted by Gasteiger charge is 2.37. The Kier molecular flexibility index (Phi) is 5.29. The Balaban J connectivity index is 1.86. The van der Waals surface area contributed by atoms with E-state index in [1.807, 2.05) is 0 Å². The fraction of sp³-hybridized carbons (Fsp3) is 0.417. The van der Waals surface area contributed by atoms with E-state index in [-0.39, 0.29) is 23.2 Å². The number of benzene rings is 1. The predicted octanol–water partition coefficient (Wildman–Crippen LogP) is 1.53. The number of nitrogen functional groups attached to an aromatic ring is 1. The molecule has 0 aliphatic carbocycles. The number of nitrogens with two attached hydrogens (primary N) is 1. The van der Waals surface area contributed by atoms with Gasteiger partial charge in [0.05, 0.1) is 39.4 Å². The molecule has 1 aliphatic rings. The Hall–Kier alpha value is -0.630. The molecule has 5 nitrogen and oxygen atoms in total. The number of carbonyl (C=O) groups excluding carboxylic acids is 1. The summed E-state index contributed by atoms with van der Waals surface area (Å²) >= 11 is 13.1. The van der Waals surface area contributed by atoms with Crippen molar-refractivity contribution >= 4 is 56.4 Å². The van der Waals surface area contributed by atoms with Crippen LogP contribution in [0.4, 0.5) is 5.69 Å². The molecular formula is C12H14Cl2N2O3S2. The molecule has 2 unspecified atom stereocenters. The van der Waals surface area contributed by atoms with Crippen molar-refractivity contribution in [1.29, 1.82) is 0 Å². The third-order valence-corrected chi connectivity index (χ3v) is 6.67. The first kappa shape index (κ1) is 16.7. The summed E-state index contributed by atoms with van der Waals surface area (Å²) in [6.07, 6.45) is 0. The van der Waals surface area contributed by atoms with E-state index in [4.69, 9.17) is 28.9 Å². The zero-order valence-corrected chi connectivity index (χ0v) is 14.0. The van der Waals surface area contributed by atoms with Crippen molar-refractivity contribution in [2.45, 2.75) is 16.3 Å². The molecule has 1 aliphatic heterocycles. The number of hydrogen-bond donors (Lipinski definition) is 2. The van der Waals surface area contributed by atoms with E-state index in [1.54, 1.807) is 18.2 Å². The maximum absolute atomic E-state index is 11.8. The van der Waals surface area contributed by atoms with E-state index >= 15 is 0 Å². The summed E-state index contributed by atoms with van der Waals surface area (Å²) in [5, 5.41) is 2.51. The van der Waals surface area contributed by atoms with Gasteiger partial charge in [0.2, 0.25) is 5.91 Å². The first-order valence-electron chi connectivity index (χ1n) is 6.08. The van der Waals surface area contributed by atoms with Crippen LogP contribution < -0.4 is 11.1 Å². The Morgan fingerprint density at radius 1 is 1.43 bits per heavy atom. The molecule has 3 N–H and O–H groups in total. The average Bonchev–Trinajstić information content (AvgIpc) is 2.64. The van der Waals surface area contributed by atoms with Gasteiger partial charge in [-0.15, -0.1) is 23.4 Å². The number of alkyl halides is 1. The second-order valence-electron chi connectivity index (χ2n) is 4.74. The van der Waals surface area contributed by atoms with Gasteiger partial charge in [-0.05, 0) is 18.2 Å². The zero-order chi connectivity index (χ0) is 15.6. The van der Waals surface area contributed by atoms with Crippen LogP contribution in [0.25, 0.3) is 0 Å². The normalized spacial score (nSPS) is 23.9. The van der Waals surface area contributed by atoms with E-state index in [0.717, 1.165) is 4.90 Å². The summed E-state index contributed by atoms with van der Waals surface area (Å²) in [5.74, 6) is -0.313. The minimum Gasteiger partial charge on any atom is -0.398 e. The standard InChI is InChI=1S/C12H14Cl2N2O3S2/c13-8-3-7(1-2-10(8)15)20-4-12(17)16-11-6-21(18,19)5-9(11)14/h1-3,9,11H,4-6,15H2,(H,16,17).